The van der Waals surface area contributed by atoms with Crippen LogP contribution in [-0.2, 0) is 6.61 Å². The van der Waals surface area contributed by atoms with E-state index in [2.05, 4.69) is 22.2 Å². The molecule has 1 aromatic heterocycles. The van der Waals surface area contributed by atoms with Gasteiger partial charge in [0.15, 0.2) is 11.6 Å². The first-order valence-electron chi connectivity index (χ1n) is 9.67. The van der Waals surface area contributed by atoms with E-state index in [1.165, 1.54) is 18.3 Å². The summed E-state index contributed by atoms with van der Waals surface area (Å²) in [6.07, 6.45) is 4.29. The molecule has 2 aliphatic rings. The Hall–Kier alpha value is -2.12. The first kappa shape index (κ1) is 19.2. The van der Waals surface area contributed by atoms with Gasteiger partial charge in [-0.25, -0.2) is 13.8 Å². The van der Waals surface area contributed by atoms with Crippen LogP contribution in [0, 0.1) is 17.6 Å². The number of aromatic nitrogens is 1. The SMILES string of the molecule is CN1CCC(NC2CC2c2cc(F)cc(F)c2OCc2cccnc2F)CC1. The van der Waals surface area contributed by atoms with E-state index in [1.807, 2.05) is 0 Å². The summed E-state index contributed by atoms with van der Waals surface area (Å²) in [5.74, 6) is -2.04. The number of hydrogen-bond donors (Lipinski definition) is 1. The van der Waals surface area contributed by atoms with Crippen molar-refractivity contribution in [2.75, 3.05) is 20.1 Å². The second-order valence-electron chi connectivity index (χ2n) is 7.74. The molecule has 28 heavy (non-hydrogen) atoms. The summed E-state index contributed by atoms with van der Waals surface area (Å²) in [5, 5.41) is 3.61. The molecule has 0 bridgehead atoms. The van der Waals surface area contributed by atoms with Crippen molar-refractivity contribution in [2.45, 2.75) is 43.9 Å². The number of nitrogens with zero attached hydrogens (tertiary/aromatic N) is 2. The van der Waals surface area contributed by atoms with Crippen LogP contribution in [0.1, 0.15) is 36.3 Å². The number of piperidine rings is 1. The van der Waals surface area contributed by atoms with Crippen molar-refractivity contribution in [1.29, 1.82) is 0 Å². The Bertz CT molecular complexity index is 840. The van der Waals surface area contributed by atoms with Gasteiger partial charge in [0.05, 0.1) is 0 Å². The third kappa shape index (κ3) is 4.31. The zero-order chi connectivity index (χ0) is 19.7. The fraction of sp³-hybridized carbons (Fsp3) is 0.476. The maximum atomic E-state index is 14.4. The van der Waals surface area contributed by atoms with Crippen molar-refractivity contribution >= 4 is 0 Å². The minimum atomic E-state index is -0.760. The molecule has 0 amide bonds. The van der Waals surface area contributed by atoms with Gasteiger partial charge in [0.2, 0.25) is 5.95 Å². The van der Waals surface area contributed by atoms with Crippen LogP contribution in [0.15, 0.2) is 30.5 Å². The minimum Gasteiger partial charge on any atom is -0.485 e. The topological polar surface area (TPSA) is 37.4 Å². The molecule has 4 nitrogen and oxygen atoms in total. The molecule has 2 aromatic rings. The predicted octanol–water partition coefficient (Wildman–Crippen LogP) is 3.62. The van der Waals surface area contributed by atoms with Crippen molar-refractivity contribution in [3.05, 3.63) is 59.2 Å². The van der Waals surface area contributed by atoms with Gasteiger partial charge in [-0.05, 0) is 57.6 Å². The fourth-order valence-electron chi connectivity index (χ4n) is 3.89. The number of benzene rings is 1. The van der Waals surface area contributed by atoms with Crippen LogP contribution in [-0.4, -0.2) is 42.1 Å². The number of ether oxygens (including phenoxy) is 1. The highest BCUT2D eigenvalue weighted by Crippen LogP contribution is 2.46. The van der Waals surface area contributed by atoms with Crippen LogP contribution in [0.5, 0.6) is 5.75 Å². The van der Waals surface area contributed by atoms with E-state index in [1.54, 1.807) is 6.07 Å². The van der Waals surface area contributed by atoms with Crippen LogP contribution in [0.2, 0.25) is 0 Å². The normalized spacial score (nSPS) is 23.0. The lowest BCUT2D eigenvalue weighted by molar-refractivity contribution is 0.233. The molecule has 2 atom stereocenters. The van der Waals surface area contributed by atoms with Gasteiger partial charge in [-0.15, -0.1) is 0 Å². The van der Waals surface area contributed by atoms with Crippen molar-refractivity contribution < 1.29 is 17.9 Å². The van der Waals surface area contributed by atoms with Crippen LogP contribution in [0.3, 0.4) is 0 Å². The molecule has 1 saturated heterocycles. The Morgan fingerprint density at radius 1 is 1.21 bits per heavy atom. The summed E-state index contributed by atoms with van der Waals surface area (Å²) < 4.78 is 47.6. The molecule has 1 aliphatic carbocycles. The van der Waals surface area contributed by atoms with E-state index < -0.39 is 17.6 Å². The van der Waals surface area contributed by atoms with E-state index in [0.29, 0.717) is 11.6 Å². The third-order valence-electron chi connectivity index (χ3n) is 5.60. The highest BCUT2D eigenvalue weighted by Gasteiger charge is 2.42. The maximum absolute atomic E-state index is 14.4. The number of hydrogen-bond acceptors (Lipinski definition) is 4. The molecule has 7 heteroatoms. The Morgan fingerprint density at radius 2 is 2.00 bits per heavy atom. The van der Waals surface area contributed by atoms with E-state index >= 15 is 0 Å². The summed E-state index contributed by atoms with van der Waals surface area (Å²) in [6, 6.07) is 5.88. The largest absolute Gasteiger partial charge is 0.485 e. The van der Waals surface area contributed by atoms with E-state index in [-0.39, 0.29) is 29.9 Å². The number of pyridine rings is 1. The first-order valence-corrected chi connectivity index (χ1v) is 9.67. The lowest BCUT2D eigenvalue weighted by Gasteiger charge is -2.29. The van der Waals surface area contributed by atoms with Crippen molar-refractivity contribution in [2.24, 2.45) is 0 Å². The van der Waals surface area contributed by atoms with Gasteiger partial charge in [0.1, 0.15) is 12.4 Å². The molecule has 150 valence electrons. The molecular formula is C21H24F3N3O. The zero-order valence-corrected chi connectivity index (χ0v) is 15.8. The molecule has 0 radical (unpaired) electrons. The molecule has 2 heterocycles. The van der Waals surface area contributed by atoms with Gasteiger partial charge < -0.3 is 15.0 Å². The van der Waals surface area contributed by atoms with Crippen LogP contribution < -0.4 is 10.1 Å². The highest BCUT2D eigenvalue weighted by molar-refractivity contribution is 5.42. The van der Waals surface area contributed by atoms with E-state index in [4.69, 9.17) is 4.74 Å². The zero-order valence-electron chi connectivity index (χ0n) is 15.8. The van der Waals surface area contributed by atoms with Gasteiger partial charge in [-0.2, -0.15) is 4.39 Å². The summed E-state index contributed by atoms with van der Waals surface area (Å²) in [6.45, 7) is 1.94. The summed E-state index contributed by atoms with van der Waals surface area (Å²) >= 11 is 0. The summed E-state index contributed by atoms with van der Waals surface area (Å²) in [5.41, 5.74) is 0.737. The third-order valence-corrected chi connectivity index (χ3v) is 5.60. The Balaban J connectivity index is 1.46. The smallest absolute Gasteiger partial charge is 0.219 e. The van der Waals surface area contributed by atoms with Gasteiger partial charge in [-0.3, -0.25) is 0 Å². The van der Waals surface area contributed by atoms with E-state index in [0.717, 1.165) is 38.4 Å². The predicted molar refractivity (Wildman–Crippen MR) is 99.7 cm³/mol. The van der Waals surface area contributed by atoms with Crippen LogP contribution in [0.4, 0.5) is 13.2 Å². The summed E-state index contributed by atoms with van der Waals surface area (Å²) in [7, 11) is 2.11. The van der Waals surface area contributed by atoms with Gasteiger partial charge in [0, 0.05) is 41.4 Å². The molecule has 1 N–H and O–H groups in total. The standard InChI is InChI=1S/C21H24F3N3O/c1-27-7-4-15(5-8-27)26-19-11-16(19)17-9-14(22)10-18(23)20(17)28-12-13-3-2-6-25-21(13)24/h2-3,6,9-10,15-16,19,26H,4-5,7-8,11-12H2,1H3. The highest BCUT2D eigenvalue weighted by atomic mass is 19.1. The lowest BCUT2D eigenvalue weighted by Crippen LogP contribution is -2.42. The van der Waals surface area contributed by atoms with Crippen LogP contribution >= 0.6 is 0 Å². The van der Waals surface area contributed by atoms with Gasteiger partial charge >= 0.3 is 0 Å². The average Bonchev–Trinajstić information content (AvgIpc) is 3.42. The van der Waals surface area contributed by atoms with E-state index in [9.17, 15) is 13.2 Å². The Kier molecular flexibility index (Phi) is 5.55. The number of nitrogens with one attached hydrogen (secondary N) is 1. The molecule has 1 aliphatic heterocycles. The van der Waals surface area contributed by atoms with Crippen molar-refractivity contribution in [1.82, 2.24) is 15.2 Å². The maximum Gasteiger partial charge on any atom is 0.219 e. The lowest BCUT2D eigenvalue weighted by atomic mass is 10.0. The quantitative estimate of drug-likeness (QED) is 0.764. The van der Waals surface area contributed by atoms with Crippen molar-refractivity contribution in [3.8, 4) is 5.75 Å². The molecule has 0 spiro atoms. The number of rotatable bonds is 6. The number of halogens is 3. The summed E-state index contributed by atoms with van der Waals surface area (Å²) in [4.78, 5) is 5.87. The molecule has 1 aromatic carbocycles. The average molecular weight is 391 g/mol. The molecule has 2 fully saturated rings. The molecule has 2 unspecified atom stereocenters. The Morgan fingerprint density at radius 3 is 2.75 bits per heavy atom. The van der Waals surface area contributed by atoms with Crippen LogP contribution in [0.25, 0.3) is 0 Å². The van der Waals surface area contributed by atoms with Gasteiger partial charge in [0.25, 0.3) is 0 Å². The first-order chi connectivity index (χ1) is 13.5. The second-order valence-corrected chi connectivity index (χ2v) is 7.74. The van der Waals surface area contributed by atoms with Gasteiger partial charge in [-0.1, -0.05) is 0 Å². The second kappa shape index (κ2) is 8.09. The number of likely N-dealkylation sites (tertiary alicyclic amines) is 1. The Labute approximate surface area is 162 Å². The molecular weight excluding hydrogens is 367 g/mol. The monoisotopic (exact) mass is 391 g/mol. The molecule has 4 rings (SSSR count). The fourth-order valence-corrected chi connectivity index (χ4v) is 3.89. The minimum absolute atomic E-state index is 0.00129. The van der Waals surface area contributed by atoms with Crippen molar-refractivity contribution in [3.63, 3.8) is 0 Å². The molecule has 1 saturated carbocycles.